The highest BCUT2D eigenvalue weighted by atomic mass is 16.5. The van der Waals surface area contributed by atoms with Crippen LogP contribution in [-0.2, 0) is 4.79 Å². The van der Waals surface area contributed by atoms with Crippen LogP contribution in [0.5, 0.6) is 5.75 Å². The number of benzene rings is 1. The maximum atomic E-state index is 11.3. The van der Waals surface area contributed by atoms with Gasteiger partial charge in [0.05, 0.1) is 0 Å². The van der Waals surface area contributed by atoms with E-state index in [4.69, 9.17) is 4.74 Å². The third kappa shape index (κ3) is 3.69. The molecular weight excluding hydrogens is 204 g/mol. The molecule has 3 heteroatoms. The average molecular weight is 218 g/mol. The summed E-state index contributed by atoms with van der Waals surface area (Å²) in [5.74, 6) is -0.101. The van der Waals surface area contributed by atoms with Crippen molar-refractivity contribution in [3.8, 4) is 5.75 Å². The normalized spacial score (nSPS) is 9.44. The van der Waals surface area contributed by atoms with Crippen molar-refractivity contribution in [1.29, 1.82) is 0 Å². The summed E-state index contributed by atoms with van der Waals surface area (Å²) in [6.45, 7) is 5.09. The van der Waals surface area contributed by atoms with Gasteiger partial charge in [0.15, 0.2) is 5.78 Å². The van der Waals surface area contributed by atoms with Gasteiger partial charge < -0.3 is 4.74 Å². The number of ketones is 1. The van der Waals surface area contributed by atoms with Gasteiger partial charge >= 0.3 is 5.97 Å². The van der Waals surface area contributed by atoms with Crippen molar-refractivity contribution in [2.75, 3.05) is 0 Å². The van der Waals surface area contributed by atoms with Gasteiger partial charge in [0, 0.05) is 11.6 Å². The second-order valence-corrected chi connectivity index (χ2v) is 3.73. The van der Waals surface area contributed by atoms with Crippen LogP contribution in [0.3, 0.4) is 0 Å². The van der Waals surface area contributed by atoms with Gasteiger partial charge in [0.25, 0.3) is 0 Å². The Morgan fingerprint density at radius 2 is 1.88 bits per heavy atom. The van der Waals surface area contributed by atoms with Crippen LogP contribution >= 0.6 is 0 Å². The molecule has 0 amide bonds. The van der Waals surface area contributed by atoms with E-state index in [2.05, 4.69) is 0 Å². The van der Waals surface area contributed by atoms with Gasteiger partial charge in [-0.05, 0) is 32.9 Å². The molecule has 3 nitrogen and oxygen atoms in total. The Morgan fingerprint density at radius 1 is 1.19 bits per heavy atom. The summed E-state index contributed by atoms with van der Waals surface area (Å²) in [7, 11) is 0. The summed E-state index contributed by atoms with van der Waals surface area (Å²) in [6, 6.07) is 6.56. The molecule has 16 heavy (non-hydrogen) atoms. The minimum Gasteiger partial charge on any atom is -0.423 e. The Hall–Kier alpha value is -1.90. The lowest BCUT2D eigenvalue weighted by atomic mass is 10.1. The lowest BCUT2D eigenvalue weighted by Gasteiger charge is -2.02. The number of Topliss-reactive ketones (excluding diaryl/α,β-unsaturated/α-hetero) is 1. The molecule has 1 aromatic rings. The fourth-order valence-electron chi connectivity index (χ4n) is 1.16. The fraction of sp³-hybridized carbons (Fsp3) is 0.231. The van der Waals surface area contributed by atoms with Crippen LogP contribution in [0.15, 0.2) is 35.9 Å². The van der Waals surface area contributed by atoms with Crippen molar-refractivity contribution >= 4 is 11.8 Å². The molecule has 0 unspecified atom stereocenters. The van der Waals surface area contributed by atoms with Crippen molar-refractivity contribution in [2.45, 2.75) is 20.8 Å². The lowest BCUT2D eigenvalue weighted by Crippen LogP contribution is -2.05. The van der Waals surface area contributed by atoms with E-state index in [1.54, 1.807) is 24.3 Å². The third-order valence-corrected chi connectivity index (χ3v) is 1.87. The quantitative estimate of drug-likeness (QED) is 0.339. The predicted molar refractivity (Wildman–Crippen MR) is 61.5 cm³/mol. The largest absolute Gasteiger partial charge is 0.423 e. The Bertz CT molecular complexity index is 440. The van der Waals surface area contributed by atoms with Crippen LogP contribution in [0.2, 0.25) is 0 Å². The maximum Gasteiger partial charge on any atom is 0.336 e. The Kier molecular flexibility index (Phi) is 4.00. The molecule has 0 aliphatic heterocycles. The minimum atomic E-state index is -0.430. The predicted octanol–water partition coefficient (Wildman–Crippen LogP) is 2.76. The molecule has 0 aromatic heterocycles. The molecule has 0 spiro atoms. The SMILES string of the molecule is CC(=O)c1cccc(OC(=O)C=C(C)C)c1. The van der Waals surface area contributed by atoms with Crippen LogP contribution in [-0.4, -0.2) is 11.8 Å². The smallest absolute Gasteiger partial charge is 0.336 e. The fourth-order valence-corrected chi connectivity index (χ4v) is 1.16. The number of hydrogen-bond acceptors (Lipinski definition) is 3. The molecule has 0 aliphatic rings. The summed E-state index contributed by atoms with van der Waals surface area (Å²) in [5, 5.41) is 0. The number of carbonyl (C=O) groups excluding carboxylic acids is 2. The van der Waals surface area contributed by atoms with Gasteiger partial charge in [-0.15, -0.1) is 0 Å². The van der Waals surface area contributed by atoms with Crippen molar-refractivity contribution in [3.63, 3.8) is 0 Å². The van der Waals surface area contributed by atoms with E-state index in [1.807, 2.05) is 13.8 Å². The van der Waals surface area contributed by atoms with Crippen LogP contribution in [0, 0.1) is 0 Å². The highest BCUT2D eigenvalue weighted by molar-refractivity contribution is 5.94. The summed E-state index contributed by atoms with van der Waals surface area (Å²) < 4.78 is 5.05. The van der Waals surface area contributed by atoms with E-state index in [-0.39, 0.29) is 5.78 Å². The summed E-state index contributed by atoms with van der Waals surface area (Å²) in [5.41, 5.74) is 1.40. The number of allylic oxidation sites excluding steroid dienone is 1. The number of ether oxygens (including phenoxy) is 1. The zero-order valence-electron chi connectivity index (χ0n) is 9.61. The summed E-state index contributed by atoms with van der Waals surface area (Å²) in [6.07, 6.45) is 1.40. The van der Waals surface area contributed by atoms with E-state index >= 15 is 0 Å². The maximum absolute atomic E-state index is 11.3. The van der Waals surface area contributed by atoms with E-state index < -0.39 is 5.97 Å². The number of rotatable bonds is 3. The van der Waals surface area contributed by atoms with Crippen LogP contribution in [0.1, 0.15) is 31.1 Å². The van der Waals surface area contributed by atoms with Crippen molar-refractivity contribution < 1.29 is 14.3 Å². The number of hydrogen-bond donors (Lipinski definition) is 0. The zero-order valence-corrected chi connectivity index (χ0v) is 9.61. The molecule has 1 rings (SSSR count). The number of esters is 1. The lowest BCUT2D eigenvalue weighted by molar-refractivity contribution is -0.129. The summed E-state index contributed by atoms with van der Waals surface area (Å²) >= 11 is 0. The molecule has 0 aliphatic carbocycles. The van der Waals surface area contributed by atoms with Gasteiger partial charge in [0.1, 0.15) is 5.75 Å². The highest BCUT2D eigenvalue weighted by Crippen LogP contribution is 2.14. The molecular formula is C13H14O3. The van der Waals surface area contributed by atoms with Crippen LogP contribution in [0.25, 0.3) is 0 Å². The van der Waals surface area contributed by atoms with Crippen molar-refractivity contribution in [3.05, 3.63) is 41.5 Å². The van der Waals surface area contributed by atoms with Gasteiger partial charge in [-0.1, -0.05) is 17.7 Å². The summed E-state index contributed by atoms with van der Waals surface area (Å²) in [4.78, 5) is 22.4. The standard InChI is InChI=1S/C13H14O3/c1-9(2)7-13(15)16-12-6-4-5-11(8-12)10(3)14/h4-8H,1-3H3. The molecule has 84 valence electrons. The first-order valence-electron chi connectivity index (χ1n) is 4.97. The Labute approximate surface area is 94.7 Å². The molecule has 0 radical (unpaired) electrons. The molecule has 0 fully saturated rings. The first kappa shape index (κ1) is 12.2. The van der Waals surface area contributed by atoms with Gasteiger partial charge in [-0.2, -0.15) is 0 Å². The third-order valence-electron chi connectivity index (χ3n) is 1.87. The highest BCUT2D eigenvalue weighted by Gasteiger charge is 2.04. The molecule has 0 bridgehead atoms. The molecule has 0 saturated heterocycles. The van der Waals surface area contributed by atoms with Crippen LogP contribution < -0.4 is 4.74 Å². The van der Waals surface area contributed by atoms with E-state index in [9.17, 15) is 9.59 Å². The first-order valence-corrected chi connectivity index (χ1v) is 4.97. The number of carbonyl (C=O) groups is 2. The Balaban J connectivity index is 2.82. The van der Waals surface area contributed by atoms with Crippen molar-refractivity contribution in [2.24, 2.45) is 0 Å². The van der Waals surface area contributed by atoms with Gasteiger partial charge in [-0.25, -0.2) is 4.79 Å². The molecule has 1 aromatic carbocycles. The van der Waals surface area contributed by atoms with E-state index in [0.717, 1.165) is 5.57 Å². The molecule has 0 N–H and O–H groups in total. The molecule has 0 atom stereocenters. The van der Waals surface area contributed by atoms with Gasteiger partial charge in [-0.3, -0.25) is 4.79 Å². The molecule has 0 heterocycles. The monoisotopic (exact) mass is 218 g/mol. The van der Waals surface area contributed by atoms with Crippen molar-refractivity contribution in [1.82, 2.24) is 0 Å². The van der Waals surface area contributed by atoms with E-state index in [1.165, 1.54) is 13.0 Å². The zero-order chi connectivity index (χ0) is 12.1. The topological polar surface area (TPSA) is 43.4 Å². The first-order chi connectivity index (χ1) is 7.49. The molecule has 0 saturated carbocycles. The second-order valence-electron chi connectivity index (χ2n) is 3.73. The van der Waals surface area contributed by atoms with E-state index in [0.29, 0.717) is 11.3 Å². The van der Waals surface area contributed by atoms with Crippen LogP contribution in [0.4, 0.5) is 0 Å². The average Bonchev–Trinajstić information content (AvgIpc) is 2.16. The second kappa shape index (κ2) is 5.26. The minimum absolute atomic E-state index is 0.0555. The Morgan fingerprint density at radius 3 is 2.44 bits per heavy atom. The van der Waals surface area contributed by atoms with Gasteiger partial charge in [0.2, 0.25) is 0 Å².